The van der Waals surface area contributed by atoms with Gasteiger partial charge in [0, 0.05) is 24.1 Å². The van der Waals surface area contributed by atoms with E-state index >= 15 is 0 Å². The number of carboxylic acids is 1. The van der Waals surface area contributed by atoms with Crippen LogP contribution in [0.2, 0.25) is 0 Å². The van der Waals surface area contributed by atoms with Crippen LogP contribution in [0, 0.1) is 15.5 Å². The van der Waals surface area contributed by atoms with Crippen LogP contribution in [0.25, 0.3) is 0 Å². The SMILES string of the molecule is NCC(c1ccccc1[N+](=O)[O-])C1(C(=O)O)CCCC1. The first-order valence-corrected chi connectivity index (χ1v) is 6.69. The fourth-order valence-electron chi connectivity index (χ4n) is 3.32. The summed E-state index contributed by atoms with van der Waals surface area (Å²) in [6.07, 6.45) is 2.69. The molecule has 0 heterocycles. The minimum absolute atomic E-state index is 0.0459. The third-order valence-electron chi connectivity index (χ3n) is 4.33. The summed E-state index contributed by atoms with van der Waals surface area (Å²) in [7, 11) is 0. The second-order valence-electron chi connectivity index (χ2n) is 5.27. The molecule has 6 heteroatoms. The molecule has 0 amide bonds. The van der Waals surface area contributed by atoms with Gasteiger partial charge in [-0.05, 0) is 12.8 Å². The van der Waals surface area contributed by atoms with E-state index in [0.717, 1.165) is 12.8 Å². The summed E-state index contributed by atoms with van der Waals surface area (Å²) in [6, 6.07) is 6.30. The molecule has 0 bridgehead atoms. The fourth-order valence-corrected chi connectivity index (χ4v) is 3.32. The highest BCUT2D eigenvalue weighted by molar-refractivity contribution is 5.77. The highest BCUT2D eigenvalue weighted by atomic mass is 16.6. The molecule has 2 rings (SSSR count). The van der Waals surface area contributed by atoms with E-state index in [4.69, 9.17) is 5.73 Å². The number of benzene rings is 1. The molecule has 1 fully saturated rings. The summed E-state index contributed by atoms with van der Waals surface area (Å²) < 4.78 is 0. The van der Waals surface area contributed by atoms with Crippen molar-refractivity contribution in [1.82, 2.24) is 0 Å². The smallest absolute Gasteiger partial charge is 0.310 e. The van der Waals surface area contributed by atoms with Crippen molar-refractivity contribution in [3.63, 3.8) is 0 Å². The standard InChI is InChI=1S/C14H18N2O4/c15-9-11(14(13(17)18)7-3-4-8-14)10-5-1-2-6-12(10)16(19)20/h1-2,5-6,11H,3-4,7-9,15H2,(H,17,18). The number of nitrogens with zero attached hydrogens (tertiary/aromatic N) is 1. The number of aliphatic carboxylic acids is 1. The van der Waals surface area contributed by atoms with Crippen molar-refractivity contribution in [3.8, 4) is 0 Å². The molecule has 0 spiro atoms. The predicted molar refractivity (Wildman–Crippen MR) is 73.4 cm³/mol. The lowest BCUT2D eigenvalue weighted by atomic mass is 9.70. The Kier molecular flexibility index (Phi) is 4.04. The molecule has 1 aromatic rings. The zero-order chi connectivity index (χ0) is 14.8. The number of carboxylic acid groups (broad SMARTS) is 1. The van der Waals surface area contributed by atoms with Crippen LogP contribution < -0.4 is 5.73 Å². The van der Waals surface area contributed by atoms with Crippen molar-refractivity contribution in [2.24, 2.45) is 11.1 Å². The Morgan fingerprint density at radius 3 is 2.50 bits per heavy atom. The Morgan fingerprint density at radius 2 is 2.00 bits per heavy atom. The van der Waals surface area contributed by atoms with Gasteiger partial charge in [0.1, 0.15) is 0 Å². The van der Waals surface area contributed by atoms with E-state index in [-0.39, 0.29) is 12.2 Å². The van der Waals surface area contributed by atoms with Crippen molar-refractivity contribution in [2.45, 2.75) is 31.6 Å². The van der Waals surface area contributed by atoms with E-state index in [1.165, 1.54) is 6.07 Å². The lowest BCUT2D eigenvalue weighted by Crippen LogP contribution is -2.38. The van der Waals surface area contributed by atoms with Gasteiger partial charge in [0.2, 0.25) is 0 Å². The molecule has 0 radical (unpaired) electrons. The minimum atomic E-state index is -0.971. The van der Waals surface area contributed by atoms with Crippen molar-refractivity contribution in [3.05, 3.63) is 39.9 Å². The molecule has 3 N–H and O–H groups in total. The van der Waals surface area contributed by atoms with E-state index in [1.54, 1.807) is 18.2 Å². The number of carbonyl (C=O) groups is 1. The largest absolute Gasteiger partial charge is 0.481 e. The quantitative estimate of drug-likeness (QED) is 0.634. The van der Waals surface area contributed by atoms with Crippen LogP contribution in [-0.2, 0) is 4.79 Å². The molecule has 0 saturated heterocycles. The molecule has 108 valence electrons. The average molecular weight is 278 g/mol. The maximum absolute atomic E-state index is 11.8. The number of nitro groups is 1. The molecule has 0 aromatic heterocycles. The van der Waals surface area contributed by atoms with Gasteiger partial charge < -0.3 is 10.8 Å². The Labute approximate surface area is 116 Å². The molecule has 1 saturated carbocycles. The zero-order valence-corrected chi connectivity index (χ0v) is 11.1. The maximum Gasteiger partial charge on any atom is 0.310 e. The number of hydrogen-bond acceptors (Lipinski definition) is 4. The highest BCUT2D eigenvalue weighted by Gasteiger charge is 2.49. The van der Waals surface area contributed by atoms with Crippen molar-refractivity contribution >= 4 is 11.7 Å². The Morgan fingerprint density at radius 1 is 1.40 bits per heavy atom. The second-order valence-corrected chi connectivity index (χ2v) is 5.27. The van der Waals surface area contributed by atoms with Crippen LogP contribution in [-0.4, -0.2) is 22.5 Å². The van der Waals surface area contributed by atoms with Crippen LogP contribution in [0.3, 0.4) is 0 Å². The third-order valence-corrected chi connectivity index (χ3v) is 4.33. The molecule has 0 aliphatic heterocycles. The molecule has 6 nitrogen and oxygen atoms in total. The summed E-state index contributed by atoms with van der Waals surface area (Å²) in [4.78, 5) is 22.4. The molecular formula is C14H18N2O4. The lowest BCUT2D eigenvalue weighted by Gasteiger charge is -2.32. The third kappa shape index (κ3) is 2.27. The average Bonchev–Trinajstić information content (AvgIpc) is 2.91. The van der Waals surface area contributed by atoms with Crippen LogP contribution in [0.15, 0.2) is 24.3 Å². The van der Waals surface area contributed by atoms with Crippen LogP contribution >= 0.6 is 0 Å². The van der Waals surface area contributed by atoms with Gasteiger partial charge in [-0.3, -0.25) is 14.9 Å². The molecule has 1 aliphatic rings. The monoisotopic (exact) mass is 278 g/mol. The first kappa shape index (κ1) is 14.5. The van der Waals surface area contributed by atoms with E-state index in [1.807, 2.05) is 0 Å². The van der Waals surface area contributed by atoms with E-state index in [9.17, 15) is 20.0 Å². The Balaban J connectivity index is 2.52. The number of rotatable bonds is 5. The summed E-state index contributed by atoms with van der Waals surface area (Å²) >= 11 is 0. The van der Waals surface area contributed by atoms with Crippen LogP contribution in [0.5, 0.6) is 0 Å². The zero-order valence-electron chi connectivity index (χ0n) is 11.1. The number of nitro benzene ring substituents is 1. The maximum atomic E-state index is 11.8. The normalized spacial score (nSPS) is 18.6. The van der Waals surface area contributed by atoms with Crippen molar-refractivity contribution in [2.75, 3.05) is 6.54 Å². The first-order valence-electron chi connectivity index (χ1n) is 6.69. The fraction of sp³-hybridized carbons (Fsp3) is 0.500. The number of hydrogen-bond donors (Lipinski definition) is 2. The van der Waals surface area contributed by atoms with Gasteiger partial charge >= 0.3 is 5.97 Å². The Hall–Kier alpha value is -1.95. The molecule has 1 aliphatic carbocycles. The molecule has 1 atom stereocenters. The van der Waals surface area contributed by atoms with Crippen molar-refractivity contribution < 1.29 is 14.8 Å². The van der Waals surface area contributed by atoms with Gasteiger partial charge in [-0.15, -0.1) is 0 Å². The van der Waals surface area contributed by atoms with E-state index in [0.29, 0.717) is 18.4 Å². The molecule has 20 heavy (non-hydrogen) atoms. The topological polar surface area (TPSA) is 106 Å². The van der Waals surface area contributed by atoms with Gasteiger partial charge in [-0.1, -0.05) is 31.0 Å². The minimum Gasteiger partial charge on any atom is -0.481 e. The summed E-state index contributed by atoms with van der Waals surface area (Å²) in [5, 5.41) is 20.8. The summed E-state index contributed by atoms with van der Waals surface area (Å²) in [5.41, 5.74) is 5.21. The number of para-hydroxylation sites is 1. The summed E-state index contributed by atoms with van der Waals surface area (Å²) in [5.74, 6) is -1.42. The van der Waals surface area contributed by atoms with Gasteiger partial charge in [0.25, 0.3) is 5.69 Å². The van der Waals surface area contributed by atoms with E-state index < -0.39 is 22.2 Å². The van der Waals surface area contributed by atoms with Crippen molar-refractivity contribution in [1.29, 1.82) is 0 Å². The van der Waals surface area contributed by atoms with Gasteiger partial charge in [0.15, 0.2) is 0 Å². The second kappa shape index (κ2) is 5.58. The summed E-state index contributed by atoms with van der Waals surface area (Å²) in [6.45, 7) is 0.0944. The lowest BCUT2D eigenvalue weighted by molar-refractivity contribution is -0.385. The Bertz CT molecular complexity index is 524. The molecular weight excluding hydrogens is 260 g/mol. The predicted octanol–water partition coefficient (Wildman–Crippen LogP) is 2.28. The van der Waals surface area contributed by atoms with Crippen LogP contribution in [0.4, 0.5) is 5.69 Å². The van der Waals surface area contributed by atoms with Crippen LogP contribution in [0.1, 0.15) is 37.2 Å². The first-order chi connectivity index (χ1) is 9.53. The highest BCUT2D eigenvalue weighted by Crippen LogP contribution is 2.50. The molecule has 1 aromatic carbocycles. The number of nitrogens with two attached hydrogens (primary N) is 1. The van der Waals surface area contributed by atoms with Gasteiger partial charge in [0.05, 0.1) is 10.3 Å². The molecule has 1 unspecified atom stereocenters. The van der Waals surface area contributed by atoms with Gasteiger partial charge in [-0.2, -0.15) is 0 Å². The van der Waals surface area contributed by atoms with Gasteiger partial charge in [-0.25, -0.2) is 0 Å². The van der Waals surface area contributed by atoms with E-state index in [2.05, 4.69) is 0 Å².